The van der Waals surface area contributed by atoms with Gasteiger partial charge in [-0.3, -0.25) is 4.79 Å². The zero-order valence-corrected chi connectivity index (χ0v) is 8.96. The Morgan fingerprint density at radius 1 is 1.53 bits per heavy atom. The average Bonchev–Trinajstić information content (AvgIpc) is 2.26. The number of carbonyl (C=O) groups is 1. The summed E-state index contributed by atoms with van der Waals surface area (Å²) in [6.07, 6.45) is -2.25. The van der Waals surface area contributed by atoms with Crippen molar-refractivity contribution in [2.45, 2.75) is 20.1 Å². The zero-order chi connectivity index (χ0) is 14.8. The molecule has 1 atom stereocenters. The van der Waals surface area contributed by atoms with Crippen molar-refractivity contribution in [2.75, 3.05) is 14.1 Å². The molecule has 0 fully saturated rings. The third-order valence-corrected chi connectivity index (χ3v) is 2.05. The molecule has 1 aromatic carbocycles. The molecule has 0 amide bonds. The van der Waals surface area contributed by atoms with Crippen molar-refractivity contribution in [3.63, 3.8) is 0 Å². The van der Waals surface area contributed by atoms with E-state index in [4.69, 9.17) is 10.2 Å². The van der Waals surface area contributed by atoms with Gasteiger partial charge in [0, 0.05) is 25.3 Å². The van der Waals surface area contributed by atoms with Crippen molar-refractivity contribution in [2.24, 2.45) is 0 Å². The van der Waals surface area contributed by atoms with Crippen LogP contribution in [0, 0.1) is 6.92 Å². The minimum Gasteiger partial charge on any atom is -0.352 e. The molecule has 0 aliphatic rings. The van der Waals surface area contributed by atoms with Crippen LogP contribution < -0.4 is 0 Å². The molecular formula is C12H16O3. The van der Waals surface area contributed by atoms with Crippen molar-refractivity contribution in [1.82, 2.24) is 0 Å². The minimum absolute atomic E-state index is 0.0734. The molecule has 1 unspecified atom stereocenters. The number of carbonyl (C=O) groups excluding carboxylic acids is 1. The van der Waals surface area contributed by atoms with Gasteiger partial charge in [-0.05, 0) is 19.9 Å². The monoisotopic (exact) mass is 212 g/mol. The van der Waals surface area contributed by atoms with Gasteiger partial charge < -0.3 is 9.47 Å². The van der Waals surface area contributed by atoms with Crippen LogP contribution in [0.3, 0.4) is 0 Å². The Hall–Kier alpha value is -1.19. The lowest BCUT2D eigenvalue weighted by atomic mass is 10.0. The number of rotatable bonds is 4. The smallest absolute Gasteiger partial charge is 0.183 e. The molecular weight excluding hydrogens is 192 g/mol. The first-order valence-electron chi connectivity index (χ1n) is 6.46. The van der Waals surface area contributed by atoms with E-state index in [0.29, 0.717) is 0 Å². The second-order valence-corrected chi connectivity index (χ2v) is 3.20. The Balaban J connectivity index is 3.36. The highest BCUT2D eigenvalue weighted by atomic mass is 16.7. The number of benzene rings is 1. The molecule has 0 radical (unpaired) electrons. The van der Waals surface area contributed by atoms with E-state index in [0.717, 1.165) is 12.7 Å². The van der Waals surface area contributed by atoms with Gasteiger partial charge in [0.2, 0.25) is 0 Å². The molecule has 0 N–H and O–H groups in total. The Kier molecular flexibility index (Phi) is 2.41. The molecule has 0 aromatic heterocycles. The van der Waals surface area contributed by atoms with Gasteiger partial charge in [0.05, 0.1) is 5.48 Å². The topological polar surface area (TPSA) is 35.5 Å². The molecule has 0 bridgehead atoms. The van der Waals surface area contributed by atoms with E-state index in [1.54, 1.807) is 19.1 Å². The predicted molar refractivity (Wildman–Crippen MR) is 57.9 cm³/mol. The number of methoxy groups -OCH3 is 2. The highest BCUT2D eigenvalue weighted by molar-refractivity contribution is 5.95. The van der Waals surface area contributed by atoms with Crippen LogP contribution in [0.4, 0.5) is 0 Å². The molecule has 0 saturated heterocycles. The number of hydrogen-bond donors (Lipinski definition) is 0. The summed E-state index contributed by atoms with van der Waals surface area (Å²) >= 11 is 0. The summed E-state index contributed by atoms with van der Waals surface area (Å²) in [7, 11) is -1.65. The lowest BCUT2D eigenvalue weighted by Crippen LogP contribution is -2.09. The molecule has 0 spiro atoms. The van der Waals surface area contributed by atoms with Gasteiger partial charge in [0.1, 0.15) is 0 Å². The first-order chi connectivity index (χ1) is 8.59. The van der Waals surface area contributed by atoms with Gasteiger partial charge in [-0.15, -0.1) is 0 Å². The SMILES string of the molecule is [2H]C([2H])([2H])OC([2H])(OC)c1ccc(C)cc1C(C)=O. The van der Waals surface area contributed by atoms with Crippen molar-refractivity contribution in [3.05, 3.63) is 34.9 Å². The van der Waals surface area contributed by atoms with E-state index in [9.17, 15) is 4.79 Å². The van der Waals surface area contributed by atoms with Crippen molar-refractivity contribution >= 4 is 5.78 Å². The summed E-state index contributed by atoms with van der Waals surface area (Å²) in [5.41, 5.74) is 1.10. The molecule has 3 heteroatoms. The van der Waals surface area contributed by atoms with Crippen LogP contribution in [0.15, 0.2) is 18.2 Å². The van der Waals surface area contributed by atoms with Gasteiger partial charge in [-0.1, -0.05) is 17.7 Å². The number of ether oxygens (including phenoxy) is 2. The summed E-state index contributed by atoms with van der Waals surface area (Å²) in [6.45, 7) is 3.13. The summed E-state index contributed by atoms with van der Waals surface area (Å²) in [4.78, 5) is 11.6. The molecule has 0 saturated carbocycles. The Bertz CT molecular complexity index is 484. The predicted octanol–water partition coefficient (Wildman–Crippen LogP) is 2.49. The Morgan fingerprint density at radius 3 is 2.80 bits per heavy atom. The summed E-state index contributed by atoms with van der Waals surface area (Å²) < 4.78 is 38.8. The normalized spacial score (nSPS) is 19.4. The molecule has 0 aliphatic heterocycles. The number of ketones is 1. The average molecular weight is 212 g/mol. The number of hydrogen-bond acceptors (Lipinski definition) is 3. The fourth-order valence-corrected chi connectivity index (χ4v) is 1.33. The highest BCUT2D eigenvalue weighted by Gasteiger charge is 2.16. The first-order valence-corrected chi connectivity index (χ1v) is 4.46. The van der Waals surface area contributed by atoms with E-state index in [1.807, 2.05) is 0 Å². The molecule has 15 heavy (non-hydrogen) atoms. The van der Waals surface area contributed by atoms with Gasteiger partial charge in [-0.25, -0.2) is 0 Å². The molecule has 0 heterocycles. The molecule has 82 valence electrons. The van der Waals surface area contributed by atoms with E-state index in [1.165, 1.54) is 13.0 Å². The van der Waals surface area contributed by atoms with Crippen LogP contribution in [-0.4, -0.2) is 19.9 Å². The van der Waals surface area contributed by atoms with Crippen molar-refractivity contribution in [1.29, 1.82) is 0 Å². The van der Waals surface area contributed by atoms with Crippen LogP contribution >= 0.6 is 0 Å². The second-order valence-electron chi connectivity index (χ2n) is 3.20. The van der Waals surface area contributed by atoms with E-state index >= 15 is 0 Å². The third kappa shape index (κ3) is 2.64. The molecule has 3 nitrogen and oxygen atoms in total. The minimum atomic E-state index is -2.81. The second kappa shape index (κ2) is 5.05. The molecule has 1 aromatic rings. The fraction of sp³-hybridized carbons (Fsp3) is 0.417. The lowest BCUT2D eigenvalue weighted by Gasteiger charge is -2.16. The fourth-order valence-electron chi connectivity index (χ4n) is 1.33. The summed E-state index contributed by atoms with van der Waals surface area (Å²) in [6, 6.07) is 4.70. The molecule has 0 aliphatic carbocycles. The number of aryl methyl sites for hydroxylation is 1. The maximum atomic E-state index is 11.6. The van der Waals surface area contributed by atoms with Gasteiger partial charge in [0.15, 0.2) is 12.0 Å². The van der Waals surface area contributed by atoms with Gasteiger partial charge in [0.25, 0.3) is 0 Å². The van der Waals surface area contributed by atoms with Gasteiger partial charge >= 0.3 is 0 Å². The number of Topliss-reactive ketones (excluding diaryl/α,β-unsaturated/α-hetero) is 1. The first kappa shape index (κ1) is 7.14. The van der Waals surface area contributed by atoms with Crippen LogP contribution in [0.2, 0.25) is 0 Å². The Labute approximate surface area is 95.6 Å². The lowest BCUT2D eigenvalue weighted by molar-refractivity contribution is -0.106. The van der Waals surface area contributed by atoms with Crippen LogP contribution in [0.5, 0.6) is 0 Å². The maximum Gasteiger partial charge on any atom is 0.183 e. The highest BCUT2D eigenvalue weighted by Crippen LogP contribution is 2.23. The molecule has 1 rings (SSSR count). The zero-order valence-electron chi connectivity index (χ0n) is 13.0. The van der Waals surface area contributed by atoms with E-state index in [-0.39, 0.29) is 16.9 Å². The summed E-state index contributed by atoms with van der Waals surface area (Å²) in [5, 5.41) is 0. The van der Waals surface area contributed by atoms with Crippen LogP contribution in [0.1, 0.15) is 40.2 Å². The quantitative estimate of drug-likeness (QED) is 0.568. The van der Waals surface area contributed by atoms with Gasteiger partial charge in [-0.2, -0.15) is 0 Å². The van der Waals surface area contributed by atoms with Crippen LogP contribution in [0.25, 0.3) is 0 Å². The summed E-state index contributed by atoms with van der Waals surface area (Å²) in [5.74, 6) is -0.290. The van der Waals surface area contributed by atoms with Crippen LogP contribution in [-0.2, 0) is 9.47 Å². The maximum absolute atomic E-state index is 11.6. The standard InChI is InChI=1S/C12H16O3/c1-8-5-6-10(12(14-3)15-4)11(7-8)9(2)13/h5-7,12H,1-4H3/i3D3,12D. The van der Waals surface area contributed by atoms with E-state index < -0.39 is 13.3 Å². The van der Waals surface area contributed by atoms with Crippen molar-refractivity contribution < 1.29 is 19.8 Å². The third-order valence-electron chi connectivity index (χ3n) is 2.05. The van der Waals surface area contributed by atoms with E-state index in [2.05, 4.69) is 4.74 Å². The largest absolute Gasteiger partial charge is 0.352 e. The Morgan fingerprint density at radius 2 is 2.27 bits per heavy atom. The van der Waals surface area contributed by atoms with Crippen molar-refractivity contribution in [3.8, 4) is 0 Å².